The quantitative estimate of drug-likeness (QED) is 0.443. The maximum absolute atomic E-state index is 11.4. The summed E-state index contributed by atoms with van der Waals surface area (Å²) in [5.41, 5.74) is 1.91. The molecule has 0 saturated carbocycles. The predicted octanol–water partition coefficient (Wildman–Crippen LogP) is 1.77. The molecule has 0 aromatic heterocycles. The Balaban J connectivity index is 2.32. The maximum Gasteiger partial charge on any atom is 0.338 e. The third kappa shape index (κ3) is 2.36. The second-order valence-electron chi connectivity index (χ2n) is 3.90. The highest BCUT2D eigenvalue weighted by atomic mass is 16.5. The highest BCUT2D eigenvalue weighted by Gasteiger charge is 2.21. The molecule has 0 unspecified atom stereocenters. The van der Waals surface area contributed by atoms with E-state index in [1.807, 2.05) is 6.07 Å². The minimum atomic E-state index is -0.489. The SMILES string of the molecule is C=C(C)C(=O)Oc1cccc2c1CC(=O)OC2. The molecule has 0 N–H and O–H groups in total. The Morgan fingerprint density at radius 1 is 1.47 bits per heavy atom. The molecule has 4 heteroatoms. The molecule has 4 nitrogen and oxygen atoms in total. The van der Waals surface area contributed by atoms with Gasteiger partial charge in [0.1, 0.15) is 12.4 Å². The molecule has 0 amide bonds. The van der Waals surface area contributed by atoms with Gasteiger partial charge in [-0.15, -0.1) is 0 Å². The Hall–Kier alpha value is -2.10. The molecule has 0 aliphatic carbocycles. The Morgan fingerprint density at radius 2 is 2.24 bits per heavy atom. The van der Waals surface area contributed by atoms with Crippen LogP contribution in [-0.2, 0) is 27.4 Å². The first-order chi connectivity index (χ1) is 8.08. The second kappa shape index (κ2) is 4.41. The summed E-state index contributed by atoms with van der Waals surface area (Å²) in [6.07, 6.45) is 0.134. The molecule has 1 heterocycles. The number of esters is 2. The van der Waals surface area contributed by atoms with E-state index in [9.17, 15) is 9.59 Å². The topological polar surface area (TPSA) is 52.6 Å². The summed E-state index contributed by atoms with van der Waals surface area (Å²) < 4.78 is 10.1. The van der Waals surface area contributed by atoms with Crippen molar-refractivity contribution in [2.24, 2.45) is 0 Å². The van der Waals surface area contributed by atoms with Crippen molar-refractivity contribution in [3.8, 4) is 5.75 Å². The highest BCUT2D eigenvalue weighted by Crippen LogP contribution is 2.27. The molecule has 17 heavy (non-hydrogen) atoms. The lowest BCUT2D eigenvalue weighted by molar-refractivity contribution is -0.145. The smallest absolute Gasteiger partial charge is 0.338 e. The van der Waals surface area contributed by atoms with E-state index in [0.29, 0.717) is 11.3 Å². The Morgan fingerprint density at radius 3 is 2.94 bits per heavy atom. The molecule has 0 bridgehead atoms. The number of benzene rings is 1. The predicted molar refractivity (Wildman–Crippen MR) is 60.4 cm³/mol. The van der Waals surface area contributed by atoms with Crippen molar-refractivity contribution in [3.63, 3.8) is 0 Å². The average Bonchev–Trinajstić information content (AvgIpc) is 2.29. The number of carbonyl (C=O) groups is 2. The molecule has 1 aliphatic rings. The lowest BCUT2D eigenvalue weighted by Gasteiger charge is -2.18. The average molecular weight is 232 g/mol. The van der Waals surface area contributed by atoms with Crippen LogP contribution in [0.3, 0.4) is 0 Å². The van der Waals surface area contributed by atoms with E-state index in [2.05, 4.69) is 6.58 Å². The molecule has 0 saturated heterocycles. The molecule has 2 rings (SSSR count). The molecular formula is C13H12O4. The van der Waals surface area contributed by atoms with Gasteiger partial charge in [-0.3, -0.25) is 4.79 Å². The van der Waals surface area contributed by atoms with Crippen LogP contribution in [0.4, 0.5) is 0 Å². The molecule has 0 fully saturated rings. The third-order valence-electron chi connectivity index (χ3n) is 2.49. The van der Waals surface area contributed by atoms with E-state index >= 15 is 0 Å². The van der Waals surface area contributed by atoms with Crippen molar-refractivity contribution in [2.75, 3.05) is 0 Å². The molecular weight excluding hydrogens is 220 g/mol. The van der Waals surface area contributed by atoms with Gasteiger partial charge in [0.25, 0.3) is 0 Å². The standard InChI is InChI=1S/C13H12O4/c1-8(2)13(15)17-11-5-3-4-9-7-16-12(14)6-10(9)11/h3-5H,1,6-7H2,2H3. The monoisotopic (exact) mass is 232 g/mol. The zero-order valence-corrected chi connectivity index (χ0v) is 9.49. The number of hydrogen-bond acceptors (Lipinski definition) is 4. The van der Waals surface area contributed by atoms with Gasteiger partial charge in [0, 0.05) is 11.1 Å². The molecule has 1 aromatic carbocycles. The number of ether oxygens (including phenoxy) is 2. The van der Waals surface area contributed by atoms with Crippen LogP contribution >= 0.6 is 0 Å². The van der Waals surface area contributed by atoms with E-state index in [-0.39, 0.29) is 19.0 Å². The fourth-order valence-electron chi connectivity index (χ4n) is 1.58. The van der Waals surface area contributed by atoms with Crippen molar-refractivity contribution < 1.29 is 19.1 Å². The summed E-state index contributed by atoms with van der Waals surface area (Å²) in [5.74, 6) is -0.388. The van der Waals surface area contributed by atoms with E-state index in [1.54, 1.807) is 19.1 Å². The Labute approximate surface area is 98.8 Å². The fourth-order valence-corrected chi connectivity index (χ4v) is 1.58. The lowest BCUT2D eigenvalue weighted by Crippen LogP contribution is -2.18. The normalized spacial score (nSPS) is 13.6. The molecule has 1 aliphatic heterocycles. The zero-order valence-electron chi connectivity index (χ0n) is 9.49. The van der Waals surface area contributed by atoms with Crippen LogP contribution in [-0.4, -0.2) is 11.9 Å². The third-order valence-corrected chi connectivity index (χ3v) is 2.49. The molecule has 1 aromatic rings. The number of rotatable bonds is 2. The van der Waals surface area contributed by atoms with Crippen molar-refractivity contribution in [1.82, 2.24) is 0 Å². The number of hydrogen-bond donors (Lipinski definition) is 0. The Bertz CT molecular complexity index is 502. The molecule has 0 radical (unpaired) electrons. The van der Waals surface area contributed by atoms with E-state index in [0.717, 1.165) is 11.1 Å². The van der Waals surface area contributed by atoms with Crippen molar-refractivity contribution >= 4 is 11.9 Å². The van der Waals surface area contributed by atoms with E-state index in [4.69, 9.17) is 9.47 Å². The van der Waals surface area contributed by atoms with Crippen LogP contribution < -0.4 is 4.74 Å². The first-order valence-electron chi connectivity index (χ1n) is 5.22. The minimum Gasteiger partial charge on any atom is -0.461 e. The fraction of sp³-hybridized carbons (Fsp3) is 0.231. The summed E-state index contributed by atoms with van der Waals surface area (Å²) in [6, 6.07) is 5.27. The van der Waals surface area contributed by atoms with Gasteiger partial charge < -0.3 is 9.47 Å². The van der Waals surface area contributed by atoms with Gasteiger partial charge in [-0.1, -0.05) is 18.7 Å². The summed E-state index contributed by atoms with van der Waals surface area (Å²) in [5, 5.41) is 0. The van der Waals surface area contributed by atoms with Gasteiger partial charge in [0.15, 0.2) is 0 Å². The van der Waals surface area contributed by atoms with Gasteiger partial charge in [-0.05, 0) is 18.6 Å². The summed E-state index contributed by atoms with van der Waals surface area (Å²) in [7, 11) is 0. The van der Waals surface area contributed by atoms with Crippen LogP contribution in [0.5, 0.6) is 5.75 Å². The first kappa shape index (κ1) is 11.4. The Kier molecular flexibility index (Phi) is 2.95. The molecule has 0 spiro atoms. The maximum atomic E-state index is 11.4. The highest BCUT2D eigenvalue weighted by molar-refractivity contribution is 5.89. The van der Waals surface area contributed by atoms with Crippen LogP contribution in [0.2, 0.25) is 0 Å². The second-order valence-corrected chi connectivity index (χ2v) is 3.90. The lowest BCUT2D eigenvalue weighted by atomic mass is 10.0. The number of carbonyl (C=O) groups excluding carboxylic acids is 2. The molecule has 88 valence electrons. The minimum absolute atomic E-state index is 0.134. The van der Waals surface area contributed by atoms with Crippen LogP contribution in [0.1, 0.15) is 18.1 Å². The van der Waals surface area contributed by atoms with Crippen molar-refractivity contribution in [2.45, 2.75) is 20.0 Å². The largest absolute Gasteiger partial charge is 0.461 e. The first-order valence-corrected chi connectivity index (χ1v) is 5.22. The van der Waals surface area contributed by atoms with Crippen LogP contribution in [0, 0.1) is 0 Å². The van der Waals surface area contributed by atoms with Crippen molar-refractivity contribution in [3.05, 3.63) is 41.5 Å². The van der Waals surface area contributed by atoms with Gasteiger partial charge in [0.05, 0.1) is 6.42 Å². The van der Waals surface area contributed by atoms with Gasteiger partial charge >= 0.3 is 11.9 Å². The van der Waals surface area contributed by atoms with Gasteiger partial charge in [-0.25, -0.2) is 4.79 Å². The summed E-state index contributed by atoms with van der Waals surface area (Å²) in [4.78, 5) is 22.7. The van der Waals surface area contributed by atoms with Crippen molar-refractivity contribution in [1.29, 1.82) is 0 Å². The number of fused-ring (bicyclic) bond motifs is 1. The van der Waals surface area contributed by atoms with Gasteiger partial charge in [-0.2, -0.15) is 0 Å². The van der Waals surface area contributed by atoms with Crippen LogP contribution in [0.15, 0.2) is 30.4 Å². The zero-order chi connectivity index (χ0) is 12.4. The summed E-state index contributed by atoms with van der Waals surface area (Å²) >= 11 is 0. The van der Waals surface area contributed by atoms with Gasteiger partial charge in [0.2, 0.25) is 0 Å². The van der Waals surface area contributed by atoms with Crippen LogP contribution in [0.25, 0.3) is 0 Å². The molecule has 0 atom stereocenters. The van der Waals surface area contributed by atoms with E-state index in [1.165, 1.54) is 0 Å². The van der Waals surface area contributed by atoms with E-state index < -0.39 is 5.97 Å². The number of cyclic esters (lactones) is 1. The summed E-state index contributed by atoms with van der Waals surface area (Å²) in [6.45, 7) is 5.32.